The lowest BCUT2D eigenvalue weighted by molar-refractivity contribution is -0.164. The Kier molecular flexibility index (Phi) is 9.52. The number of nitrogens with zero attached hydrogens (tertiary/aromatic N) is 3. The number of cyclic esters (lactones) is 1. The molecule has 264 valence electrons. The van der Waals surface area contributed by atoms with E-state index in [9.17, 15) is 14.4 Å². The Hall–Kier alpha value is -5.22. The number of amides is 3. The molecule has 2 fully saturated rings. The molecule has 5 bridgehead atoms. The van der Waals surface area contributed by atoms with Crippen molar-refractivity contribution in [3.63, 3.8) is 0 Å². The highest BCUT2D eigenvalue weighted by molar-refractivity contribution is 5.99. The number of hydrogen-bond donors (Lipinski definition) is 0. The number of methoxy groups -OCH3 is 1. The van der Waals surface area contributed by atoms with Gasteiger partial charge in [0.1, 0.15) is 29.4 Å². The van der Waals surface area contributed by atoms with Gasteiger partial charge in [-0.25, -0.2) is 0 Å². The smallest absolute Gasteiger partial charge is 0.313 e. The second-order valence-corrected chi connectivity index (χ2v) is 13.7. The van der Waals surface area contributed by atoms with Crippen LogP contribution in [0.2, 0.25) is 0 Å². The van der Waals surface area contributed by atoms with Gasteiger partial charge in [0.05, 0.1) is 25.2 Å². The fraction of sp³-hybridized carbons (Fsp3) is 0.366. The van der Waals surface area contributed by atoms with E-state index < -0.39 is 47.7 Å². The van der Waals surface area contributed by atoms with Gasteiger partial charge in [0.2, 0.25) is 17.7 Å². The van der Waals surface area contributed by atoms with E-state index in [0.29, 0.717) is 18.7 Å². The number of likely N-dealkylation sites (N-methyl/N-ethyl adjacent to an activating group) is 1. The van der Waals surface area contributed by atoms with E-state index in [1.54, 1.807) is 34.9 Å². The SMILES string of the molecule is COc1ccc(CN2C(=O)[C@H]3[C@@H]4C(=O)O[C@H](c5ccccc5)[C@@H](C)N(C)C(=O)CC/C=C/CN(Cc5ccccc5)C(=O)[C@H]2[C@@]32C=C[C@@H]4O2)cc1. The fourth-order valence-corrected chi connectivity index (χ4v) is 7.95. The lowest BCUT2D eigenvalue weighted by Crippen LogP contribution is -2.55. The summed E-state index contributed by atoms with van der Waals surface area (Å²) in [6, 6.07) is 24.8. The topological polar surface area (TPSA) is 106 Å². The van der Waals surface area contributed by atoms with Gasteiger partial charge in [-0.15, -0.1) is 0 Å². The van der Waals surface area contributed by atoms with Crippen molar-refractivity contribution in [3.05, 3.63) is 126 Å². The minimum absolute atomic E-state index is 0.0979. The Morgan fingerprint density at radius 1 is 0.843 bits per heavy atom. The predicted molar refractivity (Wildman–Crippen MR) is 189 cm³/mol. The van der Waals surface area contributed by atoms with E-state index in [-0.39, 0.29) is 37.2 Å². The Balaban J connectivity index is 1.32. The minimum Gasteiger partial charge on any atom is -0.497 e. The van der Waals surface area contributed by atoms with Gasteiger partial charge in [-0.3, -0.25) is 19.2 Å². The number of ether oxygens (including phenoxy) is 3. The summed E-state index contributed by atoms with van der Waals surface area (Å²) in [4.78, 5) is 62.5. The van der Waals surface area contributed by atoms with Crippen molar-refractivity contribution < 1.29 is 33.4 Å². The van der Waals surface area contributed by atoms with Crippen LogP contribution in [0.15, 0.2) is 109 Å². The van der Waals surface area contributed by atoms with Crippen molar-refractivity contribution in [1.82, 2.24) is 14.7 Å². The van der Waals surface area contributed by atoms with Crippen LogP contribution in [0.25, 0.3) is 0 Å². The normalized spacial score (nSPS) is 30.1. The molecule has 2 saturated heterocycles. The fourth-order valence-electron chi connectivity index (χ4n) is 7.95. The average molecular weight is 690 g/mol. The van der Waals surface area contributed by atoms with Crippen LogP contribution in [-0.2, 0) is 41.7 Å². The second-order valence-electron chi connectivity index (χ2n) is 13.7. The van der Waals surface area contributed by atoms with Gasteiger partial charge < -0.3 is 28.9 Å². The summed E-state index contributed by atoms with van der Waals surface area (Å²) < 4.78 is 18.3. The van der Waals surface area contributed by atoms with Crippen LogP contribution >= 0.6 is 0 Å². The Morgan fingerprint density at radius 3 is 2.24 bits per heavy atom. The molecule has 0 aromatic heterocycles. The molecule has 7 atom stereocenters. The molecule has 0 N–H and O–H groups in total. The van der Waals surface area contributed by atoms with Crippen LogP contribution in [0.3, 0.4) is 0 Å². The van der Waals surface area contributed by atoms with E-state index >= 15 is 4.79 Å². The van der Waals surface area contributed by atoms with Gasteiger partial charge in [0.15, 0.2) is 0 Å². The maximum absolute atomic E-state index is 15.0. The van der Waals surface area contributed by atoms with Crippen molar-refractivity contribution in [2.24, 2.45) is 11.8 Å². The number of carbonyl (C=O) groups is 4. The van der Waals surface area contributed by atoms with Gasteiger partial charge in [0, 0.05) is 33.1 Å². The molecular formula is C41H43N3O7. The van der Waals surface area contributed by atoms with Crippen LogP contribution in [0.4, 0.5) is 0 Å². The average Bonchev–Trinajstić information content (AvgIpc) is 3.80. The van der Waals surface area contributed by atoms with Crippen LogP contribution in [0, 0.1) is 11.8 Å². The lowest BCUT2D eigenvalue weighted by Gasteiger charge is -2.36. The Bertz CT molecular complexity index is 1830. The second kappa shape index (κ2) is 14.2. The summed E-state index contributed by atoms with van der Waals surface area (Å²) in [5.41, 5.74) is 1.09. The summed E-state index contributed by atoms with van der Waals surface area (Å²) >= 11 is 0. The monoisotopic (exact) mass is 689 g/mol. The third-order valence-corrected chi connectivity index (χ3v) is 10.8. The van der Waals surface area contributed by atoms with Gasteiger partial charge in [0.25, 0.3) is 0 Å². The molecule has 4 aliphatic heterocycles. The van der Waals surface area contributed by atoms with E-state index in [2.05, 4.69) is 0 Å². The number of hydrogen-bond acceptors (Lipinski definition) is 7. The molecule has 1 spiro atoms. The van der Waals surface area contributed by atoms with Crippen molar-refractivity contribution in [2.45, 2.75) is 62.7 Å². The summed E-state index contributed by atoms with van der Waals surface area (Å²) in [6.45, 7) is 2.54. The Labute approximate surface area is 298 Å². The molecule has 0 aliphatic carbocycles. The molecule has 4 aliphatic rings. The highest BCUT2D eigenvalue weighted by atomic mass is 16.6. The number of rotatable bonds is 6. The van der Waals surface area contributed by atoms with Gasteiger partial charge in [-0.1, -0.05) is 97.1 Å². The van der Waals surface area contributed by atoms with Gasteiger partial charge in [-0.2, -0.15) is 0 Å². The first-order valence-corrected chi connectivity index (χ1v) is 17.5. The number of fused-ring (bicyclic) bond motifs is 2. The van der Waals surface area contributed by atoms with Gasteiger partial charge >= 0.3 is 5.97 Å². The first-order chi connectivity index (χ1) is 24.7. The highest BCUT2D eigenvalue weighted by Gasteiger charge is 2.73. The van der Waals surface area contributed by atoms with Crippen molar-refractivity contribution in [3.8, 4) is 5.75 Å². The van der Waals surface area contributed by atoms with E-state index in [4.69, 9.17) is 14.2 Å². The largest absolute Gasteiger partial charge is 0.497 e. The van der Waals surface area contributed by atoms with E-state index in [1.165, 1.54) is 0 Å². The van der Waals surface area contributed by atoms with Crippen LogP contribution in [0.5, 0.6) is 5.75 Å². The third-order valence-electron chi connectivity index (χ3n) is 10.8. The molecule has 10 heteroatoms. The van der Waals surface area contributed by atoms with Crippen molar-refractivity contribution in [1.29, 1.82) is 0 Å². The number of esters is 1. The van der Waals surface area contributed by atoms with E-state index in [1.807, 2.05) is 110 Å². The molecule has 0 unspecified atom stereocenters. The number of carbonyl (C=O) groups excluding carboxylic acids is 4. The molecular weight excluding hydrogens is 646 g/mol. The summed E-state index contributed by atoms with van der Waals surface area (Å²) in [7, 11) is 3.31. The molecule has 0 radical (unpaired) electrons. The number of allylic oxidation sites excluding steroid dienone is 1. The maximum Gasteiger partial charge on any atom is 0.313 e. The van der Waals surface area contributed by atoms with Crippen molar-refractivity contribution >= 4 is 23.7 Å². The highest BCUT2D eigenvalue weighted by Crippen LogP contribution is 2.56. The zero-order valence-electron chi connectivity index (χ0n) is 29.1. The predicted octanol–water partition coefficient (Wildman–Crippen LogP) is 4.86. The lowest BCUT2D eigenvalue weighted by atomic mass is 9.74. The number of benzene rings is 3. The zero-order valence-corrected chi connectivity index (χ0v) is 29.1. The molecule has 0 saturated carbocycles. The van der Waals surface area contributed by atoms with Gasteiger partial charge in [-0.05, 0) is 42.2 Å². The zero-order chi connectivity index (χ0) is 35.7. The molecule has 7 rings (SSSR count). The molecule has 51 heavy (non-hydrogen) atoms. The molecule has 4 heterocycles. The van der Waals surface area contributed by atoms with Crippen LogP contribution in [0.1, 0.15) is 42.6 Å². The molecule has 3 aromatic rings. The first-order valence-electron chi connectivity index (χ1n) is 17.5. The molecule has 10 nitrogen and oxygen atoms in total. The molecule has 3 amide bonds. The minimum atomic E-state index is -1.37. The Morgan fingerprint density at radius 2 is 1.53 bits per heavy atom. The standard InChI is InChI=1S/C41H43N3O7/c1-27-36(30-15-9-5-10-16-30)50-40(48)34-32-22-23-41(51-32)35(34)38(46)44(26-29-18-20-31(49-3)21-19-29)37(41)39(47)43(25-28-13-7-4-8-14-28)24-12-6-11-17-33(45)42(27)2/h4-10,12-16,18-23,27,32,34-37H,11,17,24-26H2,1-3H3/b12-6+/t27-,32+,34-,35-,36+,37+,41-/m1/s1. The summed E-state index contributed by atoms with van der Waals surface area (Å²) in [5, 5.41) is 0. The quantitative estimate of drug-likeness (QED) is 0.269. The van der Waals surface area contributed by atoms with Crippen LogP contribution in [-0.4, -0.2) is 82.9 Å². The van der Waals surface area contributed by atoms with E-state index in [0.717, 1.165) is 16.7 Å². The summed E-state index contributed by atoms with van der Waals surface area (Å²) in [6.07, 6.45) is 6.58. The first kappa shape index (κ1) is 34.2. The third kappa shape index (κ3) is 6.33. The van der Waals surface area contributed by atoms with Crippen LogP contribution < -0.4 is 4.74 Å². The van der Waals surface area contributed by atoms with Crippen molar-refractivity contribution in [2.75, 3.05) is 20.7 Å². The number of likely N-dealkylation sites (tertiary alicyclic amines) is 1. The maximum atomic E-state index is 15.0. The summed E-state index contributed by atoms with van der Waals surface area (Å²) in [5.74, 6) is -2.63. The molecule has 3 aromatic carbocycles.